The summed E-state index contributed by atoms with van der Waals surface area (Å²) in [4.78, 5) is 8.32. The van der Waals surface area contributed by atoms with Gasteiger partial charge in [-0.2, -0.15) is 0 Å². The van der Waals surface area contributed by atoms with Gasteiger partial charge in [0.1, 0.15) is 11.3 Å². The number of nitrogen functional groups attached to an aromatic ring is 1. The van der Waals surface area contributed by atoms with Crippen LogP contribution in [0, 0.1) is 0 Å². The van der Waals surface area contributed by atoms with E-state index in [9.17, 15) is 0 Å². The molecule has 0 amide bonds. The van der Waals surface area contributed by atoms with E-state index in [1.807, 2.05) is 34.9 Å². The van der Waals surface area contributed by atoms with Crippen LogP contribution in [0.3, 0.4) is 0 Å². The molecule has 0 aliphatic rings. The van der Waals surface area contributed by atoms with Crippen molar-refractivity contribution in [2.75, 3.05) is 12.8 Å². The molecule has 0 aliphatic carbocycles. The number of ether oxygens (including phenoxy) is 1. The van der Waals surface area contributed by atoms with Crippen LogP contribution in [-0.2, 0) is 0 Å². The Labute approximate surface area is 104 Å². The summed E-state index contributed by atoms with van der Waals surface area (Å²) in [6.07, 6.45) is 3.43. The van der Waals surface area contributed by atoms with Gasteiger partial charge in [0, 0.05) is 11.9 Å². The normalized spacial score (nSPS) is 10.7. The van der Waals surface area contributed by atoms with Gasteiger partial charge in [0.2, 0.25) is 5.95 Å². The highest BCUT2D eigenvalue weighted by atomic mass is 16.5. The molecule has 3 rings (SSSR count). The van der Waals surface area contributed by atoms with Gasteiger partial charge in [-0.3, -0.25) is 9.55 Å². The number of benzene rings is 1. The average Bonchev–Trinajstić information content (AvgIpc) is 2.75. The maximum Gasteiger partial charge on any atom is 0.205 e. The van der Waals surface area contributed by atoms with Gasteiger partial charge in [-0.1, -0.05) is 0 Å². The summed E-state index contributed by atoms with van der Waals surface area (Å²) in [6.45, 7) is 0. The molecule has 0 radical (unpaired) electrons. The van der Waals surface area contributed by atoms with Crippen LogP contribution in [0.1, 0.15) is 0 Å². The van der Waals surface area contributed by atoms with Crippen molar-refractivity contribution < 1.29 is 4.74 Å². The molecule has 0 saturated carbocycles. The van der Waals surface area contributed by atoms with Crippen molar-refractivity contribution in [3.8, 4) is 11.4 Å². The number of hydrogen-bond acceptors (Lipinski definition) is 4. The summed E-state index contributed by atoms with van der Waals surface area (Å²) < 4.78 is 7.02. The molecule has 5 heteroatoms. The van der Waals surface area contributed by atoms with Gasteiger partial charge in [-0.15, -0.1) is 0 Å². The Balaban J connectivity index is 2.20. The number of methoxy groups -OCH3 is 1. The SMILES string of the molecule is COc1ccc(-n2c(N)nc3cnccc32)cc1. The first-order chi connectivity index (χ1) is 8.79. The predicted octanol–water partition coefficient (Wildman–Crippen LogP) is 2.01. The number of nitrogens with zero attached hydrogens (tertiary/aromatic N) is 3. The lowest BCUT2D eigenvalue weighted by Gasteiger charge is -2.07. The number of rotatable bonds is 2. The maximum absolute atomic E-state index is 5.95. The molecule has 0 aliphatic heterocycles. The lowest BCUT2D eigenvalue weighted by molar-refractivity contribution is 0.415. The Bertz CT molecular complexity index is 688. The van der Waals surface area contributed by atoms with E-state index < -0.39 is 0 Å². The summed E-state index contributed by atoms with van der Waals surface area (Å²) in [5.41, 5.74) is 8.62. The first-order valence-corrected chi connectivity index (χ1v) is 5.52. The van der Waals surface area contributed by atoms with Crippen molar-refractivity contribution in [1.29, 1.82) is 0 Å². The number of fused-ring (bicyclic) bond motifs is 1. The Kier molecular flexibility index (Phi) is 2.37. The number of imidazole rings is 1. The van der Waals surface area contributed by atoms with E-state index in [1.165, 1.54) is 0 Å². The van der Waals surface area contributed by atoms with Crippen LogP contribution >= 0.6 is 0 Å². The average molecular weight is 240 g/mol. The summed E-state index contributed by atoms with van der Waals surface area (Å²) in [6, 6.07) is 9.56. The van der Waals surface area contributed by atoms with E-state index in [0.717, 1.165) is 22.5 Å². The minimum Gasteiger partial charge on any atom is -0.497 e. The highest BCUT2D eigenvalue weighted by Gasteiger charge is 2.09. The van der Waals surface area contributed by atoms with Crippen molar-refractivity contribution in [2.45, 2.75) is 0 Å². The fraction of sp³-hybridized carbons (Fsp3) is 0.0769. The zero-order valence-corrected chi connectivity index (χ0v) is 9.87. The van der Waals surface area contributed by atoms with Crippen LogP contribution in [0.25, 0.3) is 16.7 Å². The number of nitrogens with two attached hydrogens (primary N) is 1. The van der Waals surface area contributed by atoms with E-state index in [4.69, 9.17) is 10.5 Å². The third-order valence-electron chi connectivity index (χ3n) is 2.81. The topological polar surface area (TPSA) is 66.0 Å². The van der Waals surface area contributed by atoms with Crippen molar-refractivity contribution in [1.82, 2.24) is 14.5 Å². The van der Waals surface area contributed by atoms with Crippen LogP contribution in [0.4, 0.5) is 5.95 Å². The van der Waals surface area contributed by atoms with Gasteiger partial charge < -0.3 is 10.5 Å². The summed E-state index contributed by atoms with van der Waals surface area (Å²) in [5, 5.41) is 0. The number of aromatic nitrogens is 3. The molecule has 2 heterocycles. The van der Waals surface area contributed by atoms with Crippen molar-refractivity contribution in [2.24, 2.45) is 0 Å². The molecule has 0 unspecified atom stereocenters. The second-order valence-electron chi connectivity index (χ2n) is 3.87. The molecule has 5 nitrogen and oxygen atoms in total. The van der Waals surface area contributed by atoms with Crippen molar-refractivity contribution >= 4 is 17.0 Å². The molecule has 0 saturated heterocycles. The van der Waals surface area contributed by atoms with Crippen LogP contribution < -0.4 is 10.5 Å². The molecule has 3 aromatic rings. The van der Waals surface area contributed by atoms with E-state index in [0.29, 0.717) is 5.95 Å². The van der Waals surface area contributed by atoms with Crippen molar-refractivity contribution in [3.05, 3.63) is 42.7 Å². The van der Waals surface area contributed by atoms with Crippen LogP contribution in [0.5, 0.6) is 5.75 Å². The van der Waals surface area contributed by atoms with Gasteiger partial charge in [0.15, 0.2) is 0 Å². The van der Waals surface area contributed by atoms with E-state index in [1.54, 1.807) is 19.5 Å². The zero-order chi connectivity index (χ0) is 12.5. The molecule has 2 aromatic heterocycles. The molecule has 18 heavy (non-hydrogen) atoms. The Morgan fingerprint density at radius 2 is 1.94 bits per heavy atom. The molecule has 0 atom stereocenters. The molecular weight excluding hydrogens is 228 g/mol. The fourth-order valence-corrected chi connectivity index (χ4v) is 1.95. The summed E-state index contributed by atoms with van der Waals surface area (Å²) in [7, 11) is 1.64. The fourth-order valence-electron chi connectivity index (χ4n) is 1.95. The second-order valence-corrected chi connectivity index (χ2v) is 3.87. The van der Waals surface area contributed by atoms with Crippen LogP contribution in [-0.4, -0.2) is 21.6 Å². The van der Waals surface area contributed by atoms with E-state index in [-0.39, 0.29) is 0 Å². The Morgan fingerprint density at radius 3 is 2.67 bits per heavy atom. The molecule has 2 N–H and O–H groups in total. The first kappa shape index (κ1) is 10.6. The lowest BCUT2D eigenvalue weighted by Crippen LogP contribution is -2.00. The van der Waals surface area contributed by atoms with Gasteiger partial charge >= 0.3 is 0 Å². The van der Waals surface area contributed by atoms with Gasteiger partial charge in [0.05, 0.1) is 18.8 Å². The number of pyridine rings is 1. The summed E-state index contributed by atoms with van der Waals surface area (Å²) in [5.74, 6) is 1.26. The van der Waals surface area contributed by atoms with Gasteiger partial charge in [-0.25, -0.2) is 4.98 Å². The Morgan fingerprint density at radius 1 is 1.17 bits per heavy atom. The molecule has 0 bridgehead atoms. The van der Waals surface area contributed by atoms with Gasteiger partial charge in [-0.05, 0) is 30.3 Å². The monoisotopic (exact) mass is 240 g/mol. The van der Waals surface area contributed by atoms with Crippen LogP contribution in [0.15, 0.2) is 42.7 Å². The smallest absolute Gasteiger partial charge is 0.205 e. The molecular formula is C13H12N4O. The quantitative estimate of drug-likeness (QED) is 0.744. The first-order valence-electron chi connectivity index (χ1n) is 5.52. The van der Waals surface area contributed by atoms with Crippen LogP contribution in [0.2, 0.25) is 0 Å². The van der Waals surface area contributed by atoms with Crippen molar-refractivity contribution in [3.63, 3.8) is 0 Å². The molecule has 0 spiro atoms. The molecule has 90 valence electrons. The lowest BCUT2D eigenvalue weighted by atomic mass is 10.3. The minimum atomic E-state index is 0.447. The summed E-state index contributed by atoms with van der Waals surface area (Å²) >= 11 is 0. The molecule has 1 aromatic carbocycles. The molecule has 0 fully saturated rings. The maximum atomic E-state index is 5.95. The third kappa shape index (κ3) is 1.57. The third-order valence-corrected chi connectivity index (χ3v) is 2.81. The standard InChI is InChI=1S/C13H12N4O/c1-18-10-4-2-9(3-5-10)17-12-6-7-15-8-11(12)16-13(17)14/h2-8H,1H3,(H2,14,16). The van der Waals surface area contributed by atoms with E-state index >= 15 is 0 Å². The number of anilines is 1. The Hall–Kier alpha value is -2.56. The highest BCUT2D eigenvalue weighted by Crippen LogP contribution is 2.23. The second kappa shape index (κ2) is 4.03. The van der Waals surface area contributed by atoms with E-state index in [2.05, 4.69) is 9.97 Å². The zero-order valence-electron chi connectivity index (χ0n) is 9.87. The largest absolute Gasteiger partial charge is 0.497 e. The minimum absolute atomic E-state index is 0.447. The highest BCUT2D eigenvalue weighted by molar-refractivity contribution is 5.79. The van der Waals surface area contributed by atoms with Gasteiger partial charge in [0.25, 0.3) is 0 Å². The number of hydrogen-bond donors (Lipinski definition) is 1. The predicted molar refractivity (Wildman–Crippen MR) is 69.8 cm³/mol.